The van der Waals surface area contributed by atoms with E-state index in [-0.39, 0.29) is 17.9 Å². The minimum absolute atomic E-state index is 0.159. The van der Waals surface area contributed by atoms with Gasteiger partial charge < -0.3 is 15.4 Å². The first-order valence-electron chi connectivity index (χ1n) is 6.79. The Balaban J connectivity index is 1.85. The third-order valence-electron chi connectivity index (χ3n) is 4.16. The molecule has 1 saturated heterocycles. The Hall–Kier alpha value is -0.610. The number of carbonyl (C=O) groups is 1. The largest absolute Gasteiger partial charge is 0.376 e. The summed E-state index contributed by atoms with van der Waals surface area (Å²) in [6.45, 7) is 2.23. The summed E-state index contributed by atoms with van der Waals surface area (Å²) in [6.07, 6.45) is 5.73. The summed E-state index contributed by atoms with van der Waals surface area (Å²) in [6, 6.07) is 0. The van der Waals surface area contributed by atoms with Gasteiger partial charge >= 0.3 is 0 Å². The van der Waals surface area contributed by atoms with Crippen LogP contribution in [0.3, 0.4) is 0 Å². The fraction of sp³-hybridized carbons (Fsp3) is 0.923. The quantitative estimate of drug-likeness (QED) is 0.797. The summed E-state index contributed by atoms with van der Waals surface area (Å²) in [5.41, 5.74) is 5.73. The predicted molar refractivity (Wildman–Crippen MR) is 66.5 cm³/mol. The molecule has 4 nitrogen and oxygen atoms in total. The van der Waals surface area contributed by atoms with E-state index in [0.29, 0.717) is 12.5 Å². The highest BCUT2D eigenvalue weighted by atomic mass is 16.5. The molecule has 3 atom stereocenters. The monoisotopic (exact) mass is 240 g/mol. The molecule has 0 radical (unpaired) electrons. The molecule has 1 amide bonds. The summed E-state index contributed by atoms with van der Waals surface area (Å²) in [7, 11) is 1.90. The lowest BCUT2D eigenvalue weighted by Gasteiger charge is -2.26. The van der Waals surface area contributed by atoms with E-state index >= 15 is 0 Å². The molecule has 0 aromatic rings. The van der Waals surface area contributed by atoms with Gasteiger partial charge in [0.15, 0.2) is 0 Å². The highest BCUT2D eigenvalue weighted by Crippen LogP contribution is 2.32. The first-order valence-corrected chi connectivity index (χ1v) is 6.79. The van der Waals surface area contributed by atoms with Crippen molar-refractivity contribution in [2.24, 2.45) is 17.6 Å². The van der Waals surface area contributed by atoms with E-state index in [1.807, 2.05) is 11.9 Å². The number of carbonyl (C=O) groups excluding carboxylic acids is 1. The second kappa shape index (κ2) is 5.83. The average Bonchev–Trinajstić information content (AvgIpc) is 2.97. The molecular weight excluding hydrogens is 216 g/mol. The lowest BCUT2D eigenvalue weighted by Crippen LogP contribution is -2.40. The maximum Gasteiger partial charge on any atom is 0.225 e. The second-order valence-corrected chi connectivity index (χ2v) is 5.39. The molecule has 1 saturated carbocycles. The molecule has 1 aliphatic carbocycles. The summed E-state index contributed by atoms with van der Waals surface area (Å²) in [5, 5.41) is 0. The van der Waals surface area contributed by atoms with Gasteiger partial charge in [-0.1, -0.05) is 6.42 Å². The lowest BCUT2D eigenvalue weighted by atomic mass is 9.95. The van der Waals surface area contributed by atoms with Crippen molar-refractivity contribution in [3.63, 3.8) is 0 Å². The number of ether oxygens (including phenoxy) is 1. The van der Waals surface area contributed by atoms with Gasteiger partial charge in [-0.05, 0) is 38.1 Å². The molecule has 1 aliphatic heterocycles. The van der Waals surface area contributed by atoms with E-state index in [9.17, 15) is 4.79 Å². The molecule has 0 spiro atoms. The normalized spacial score (nSPS) is 32.9. The average molecular weight is 240 g/mol. The van der Waals surface area contributed by atoms with E-state index in [2.05, 4.69) is 0 Å². The molecule has 98 valence electrons. The van der Waals surface area contributed by atoms with Crippen LogP contribution in [0.5, 0.6) is 0 Å². The molecule has 2 fully saturated rings. The van der Waals surface area contributed by atoms with Crippen molar-refractivity contribution in [2.75, 3.05) is 26.7 Å². The van der Waals surface area contributed by atoms with E-state index in [4.69, 9.17) is 10.5 Å². The van der Waals surface area contributed by atoms with Crippen LogP contribution in [0.25, 0.3) is 0 Å². The summed E-state index contributed by atoms with van der Waals surface area (Å²) < 4.78 is 5.57. The van der Waals surface area contributed by atoms with Gasteiger partial charge in [0.25, 0.3) is 0 Å². The third kappa shape index (κ3) is 2.99. The number of amides is 1. The van der Waals surface area contributed by atoms with Gasteiger partial charge in [-0.2, -0.15) is 0 Å². The molecule has 0 bridgehead atoms. The van der Waals surface area contributed by atoms with Gasteiger partial charge in [0.2, 0.25) is 5.91 Å². The predicted octanol–water partition coefficient (Wildman–Crippen LogP) is 0.999. The Kier molecular flexibility index (Phi) is 4.40. The fourth-order valence-electron chi connectivity index (χ4n) is 3.11. The zero-order valence-corrected chi connectivity index (χ0v) is 10.7. The first kappa shape index (κ1) is 12.8. The minimum Gasteiger partial charge on any atom is -0.376 e. The highest BCUT2D eigenvalue weighted by Gasteiger charge is 2.34. The van der Waals surface area contributed by atoms with Crippen LogP contribution in [0.2, 0.25) is 0 Å². The third-order valence-corrected chi connectivity index (χ3v) is 4.16. The smallest absolute Gasteiger partial charge is 0.225 e. The highest BCUT2D eigenvalue weighted by molar-refractivity contribution is 5.79. The number of nitrogens with zero attached hydrogens (tertiary/aromatic N) is 1. The first-order chi connectivity index (χ1) is 8.22. The van der Waals surface area contributed by atoms with Crippen LogP contribution >= 0.6 is 0 Å². The second-order valence-electron chi connectivity index (χ2n) is 5.39. The van der Waals surface area contributed by atoms with Crippen LogP contribution < -0.4 is 5.73 Å². The minimum atomic E-state index is 0.159. The molecule has 0 aromatic carbocycles. The molecule has 2 aliphatic rings. The van der Waals surface area contributed by atoms with Crippen LogP contribution in [0.15, 0.2) is 0 Å². The Morgan fingerprint density at radius 1 is 1.35 bits per heavy atom. The summed E-state index contributed by atoms with van der Waals surface area (Å²) in [4.78, 5) is 14.2. The van der Waals surface area contributed by atoms with E-state index < -0.39 is 0 Å². The molecule has 17 heavy (non-hydrogen) atoms. The van der Waals surface area contributed by atoms with Crippen molar-refractivity contribution in [1.82, 2.24) is 4.90 Å². The molecule has 1 heterocycles. The summed E-state index contributed by atoms with van der Waals surface area (Å²) in [5.74, 6) is 0.828. The van der Waals surface area contributed by atoms with Gasteiger partial charge in [-0.15, -0.1) is 0 Å². The Labute approximate surface area is 103 Å². The van der Waals surface area contributed by atoms with Gasteiger partial charge in [-0.3, -0.25) is 4.79 Å². The van der Waals surface area contributed by atoms with Crippen molar-refractivity contribution >= 4 is 5.91 Å². The Bertz CT molecular complexity index is 264. The van der Waals surface area contributed by atoms with Crippen molar-refractivity contribution in [2.45, 2.75) is 38.2 Å². The van der Waals surface area contributed by atoms with Crippen LogP contribution in [-0.4, -0.2) is 43.7 Å². The molecule has 0 aromatic heterocycles. The van der Waals surface area contributed by atoms with Gasteiger partial charge in [0.05, 0.1) is 6.10 Å². The van der Waals surface area contributed by atoms with Crippen molar-refractivity contribution < 1.29 is 9.53 Å². The van der Waals surface area contributed by atoms with E-state index in [1.165, 1.54) is 0 Å². The van der Waals surface area contributed by atoms with E-state index in [0.717, 1.165) is 45.3 Å². The molecular formula is C13H24N2O2. The van der Waals surface area contributed by atoms with Crippen LogP contribution in [0.4, 0.5) is 0 Å². The number of hydrogen-bond donors (Lipinski definition) is 1. The number of hydrogen-bond acceptors (Lipinski definition) is 3. The van der Waals surface area contributed by atoms with Crippen LogP contribution in [0, 0.1) is 11.8 Å². The van der Waals surface area contributed by atoms with Gasteiger partial charge in [0, 0.05) is 26.1 Å². The van der Waals surface area contributed by atoms with E-state index in [1.54, 1.807) is 0 Å². The van der Waals surface area contributed by atoms with Crippen molar-refractivity contribution in [1.29, 1.82) is 0 Å². The number of rotatable bonds is 4. The molecule has 1 unspecified atom stereocenters. The number of nitrogens with two attached hydrogens (primary N) is 1. The zero-order chi connectivity index (χ0) is 12.3. The van der Waals surface area contributed by atoms with Crippen LogP contribution in [0.1, 0.15) is 32.1 Å². The van der Waals surface area contributed by atoms with Crippen molar-refractivity contribution in [3.8, 4) is 0 Å². The topological polar surface area (TPSA) is 55.6 Å². The van der Waals surface area contributed by atoms with Gasteiger partial charge in [0.1, 0.15) is 0 Å². The fourth-order valence-corrected chi connectivity index (χ4v) is 3.11. The zero-order valence-electron chi connectivity index (χ0n) is 10.7. The SMILES string of the molecule is CN(CC1CCCO1)C(=O)[C@@H]1CCC[C@@H]1CN. The molecule has 2 rings (SSSR count). The molecule has 2 N–H and O–H groups in total. The molecule has 4 heteroatoms. The maximum atomic E-state index is 12.3. The Morgan fingerprint density at radius 3 is 2.82 bits per heavy atom. The number of likely N-dealkylation sites (N-methyl/N-ethyl adjacent to an activating group) is 1. The lowest BCUT2D eigenvalue weighted by molar-refractivity contribution is -0.136. The summed E-state index contributed by atoms with van der Waals surface area (Å²) >= 11 is 0. The van der Waals surface area contributed by atoms with Gasteiger partial charge in [-0.25, -0.2) is 0 Å². The standard InChI is InChI=1S/C13H24N2O2/c1-15(9-11-5-3-7-17-11)13(16)12-6-2-4-10(12)8-14/h10-12H,2-9,14H2,1H3/t10-,11?,12-/m1/s1. The van der Waals surface area contributed by atoms with Crippen LogP contribution in [-0.2, 0) is 9.53 Å². The van der Waals surface area contributed by atoms with Crippen molar-refractivity contribution in [3.05, 3.63) is 0 Å². The maximum absolute atomic E-state index is 12.3. The Morgan fingerprint density at radius 2 is 2.18 bits per heavy atom.